The summed E-state index contributed by atoms with van der Waals surface area (Å²) >= 11 is 0. The SMILES string of the molecule is Cc1cc(Nc2ccc(CC(=O)N3CCOCC3)cc2)nc(-c2ccccc2)n1. The molecule has 0 spiro atoms. The summed E-state index contributed by atoms with van der Waals surface area (Å²) in [5.41, 5.74) is 3.80. The Balaban J connectivity index is 1.43. The van der Waals surface area contributed by atoms with Crippen molar-refractivity contribution < 1.29 is 9.53 Å². The van der Waals surface area contributed by atoms with Crippen LogP contribution in [0.1, 0.15) is 11.3 Å². The first-order valence-electron chi connectivity index (χ1n) is 9.80. The third-order valence-electron chi connectivity index (χ3n) is 4.83. The van der Waals surface area contributed by atoms with E-state index in [1.807, 2.05) is 72.5 Å². The number of nitrogens with zero attached hydrogens (tertiary/aromatic N) is 3. The Kier molecular flexibility index (Phi) is 5.81. The van der Waals surface area contributed by atoms with Crippen LogP contribution in [0.25, 0.3) is 11.4 Å². The van der Waals surface area contributed by atoms with Gasteiger partial charge >= 0.3 is 0 Å². The maximum absolute atomic E-state index is 12.4. The summed E-state index contributed by atoms with van der Waals surface area (Å²) < 4.78 is 5.30. The van der Waals surface area contributed by atoms with Gasteiger partial charge in [-0.1, -0.05) is 42.5 Å². The van der Waals surface area contributed by atoms with Gasteiger partial charge in [0.2, 0.25) is 5.91 Å². The van der Waals surface area contributed by atoms with Gasteiger partial charge in [-0.15, -0.1) is 0 Å². The predicted octanol–water partition coefficient (Wildman–Crippen LogP) is 3.60. The highest BCUT2D eigenvalue weighted by atomic mass is 16.5. The molecule has 148 valence electrons. The lowest BCUT2D eigenvalue weighted by atomic mass is 10.1. The lowest BCUT2D eigenvalue weighted by Crippen LogP contribution is -2.41. The zero-order valence-corrected chi connectivity index (χ0v) is 16.5. The van der Waals surface area contributed by atoms with Crippen molar-refractivity contribution in [1.29, 1.82) is 0 Å². The topological polar surface area (TPSA) is 67.4 Å². The number of aryl methyl sites for hydroxylation is 1. The van der Waals surface area contributed by atoms with E-state index < -0.39 is 0 Å². The molecule has 1 N–H and O–H groups in total. The van der Waals surface area contributed by atoms with E-state index in [1.165, 1.54) is 0 Å². The highest BCUT2D eigenvalue weighted by molar-refractivity contribution is 5.79. The lowest BCUT2D eigenvalue weighted by molar-refractivity contribution is -0.134. The van der Waals surface area contributed by atoms with Crippen molar-refractivity contribution in [2.24, 2.45) is 0 Å². The minimum Gasteiger partial charge on any atom is -0.378 e. The van der Waals surface area contributed by atoms with Gasteiger partial charge in [0, 0.05) is 36.1 Å². The van der Waals surface area contributed by atoms with Crippen LogP contribution in [0.5, 0.6) is 0 Å². The zero-order chi connectivity index (χ0) is 20.1. The van der Waals surface area contributed by atoms with Gasteiger partial charge in [0.15, 0.2) is 5.82 Å². The van der Waals surface area contributed by atoms with Crippen molar-refractivity contribution in [1.82, 2.24) is 14.9 Å². The van der Waals surface area contributed by atoms with Gasteiger partial charge in [0.1, 0.15) is 5.82 Å². The van der Waals surface area contributed by atoms with E-state index in [2.05, 4.69) is 15.3 Å². The van der Waals surface area contributed by atoms with Crippen molar-refractivity contribution in [3.63, 3.8) is 0 Å². The molecule has 29 heavy (non-hydrogen) atoms. The molecule has 0 atom stereocenters. The molecule has 2 aromatic carbocycles. The normalized spacial score (nSPS) is 13.9. The number of morpholine rings is 1. The first-order chi connectivity index (χ1) is 14.2. The first-order valence-corrected chi connectivity index (χ1v) is 9.80. The van der Waals surface area contributed by atoms with Crippen molar-refractivity contribution in [2.45, 2.75) is 13.3 Å². The molecule has 4 rings (SSSR count). The molecular formula is C23H24N4O2. The van der Waals surface area contributed by atoms with Crippen molar-refractivity contribution in [2.75, 3.05) is 31.6 Å². The van der Waals surface area contributed by atoms with Crippen molar-refractivity contribution in [3.05, 3.63) is 71.9 Å². The first kappa shape index (κ1) is 19.1. The molecule has 1 fully saturated rings. The Morgan fingerprint density at radius 1 is 1.03 bits per heavy atom. The fourth-order valence-corrected chi connectivity index (χ4v) is 3.30. The van der Waals surface area contributed by atoms with Gasteiger partial charge in [0.25, 0.3) is 0 Å². The molecule has 1 aliphatic heterocycles. The molecule has 0 bridgehead atoms. The number of ether oxygens (including phenoxy) is 1. The smallest absolute Gasteiger partial charge is 0.227 e. The largest absolute Gasteiger partial charge is 0.378 e. The van der Waals surface area contributed by atoms with E-state index in [0.29, 0.717) is 38.5 Å². The van der Waals surface area contributed by atoms with E-state index >= 15 is 0 Å². The molecule has 6 nitrogen and oxygen atoms in total. The molecule has 0 aliphatic carbocycles. The maximum Gasteiger partial charge on any atom is 0.227 e. The van der Waals surface area contributed by atoms with E-state index in [-0.39, 0.29) is 5.91 Å². The van der Waals surface area contributed by atoms with Crippen LogP contribution in [-0.4, -0.2) is 47.1 Å². The van der Waals surface area contributed by atoms with Gasteiger partial charge in [-0.2, -0.15) is 0 Å². The van der Waals surface area contributed by atoms with Gasteiger partial charge in [-0.25, -0.2) is 9.97 Å². The second-order valence-electron chi connectivity index (χ2n) is 7.08. The van der Waals surface area contributed by atoms with Crippen LogP contribution >= 0.6 is 0 Å². The molecule has 1 aliphatic rings. The van der Waals surface area contributed by atoms with Gasteiger partial charge in [-0.05, 0) is 24.6 Å². The second-order valence-corrected chi connectivity index (χ2v) is 7.08. The molecule has 1 amide bonds. The Labute approximate surface area is 170 Å². The Morgan fingerprint density at radius 2 is 1.76 bits per heavy atom. The van der Waals surface area contributed by atoms with Crippen LogP contribution in [0.4, 0.5) is 11.5 Å². The van der Waals surface area contributed by atoms with Gasteiger partial charge in [-0.3, -0.25) is 4.79 Å². The Bertz CT molecular complexity index is 968. The zero-order valence-electron chi connectivity index (χ0n) is 16.5. The molecule has 0 saturated carbocycles. The van der Waals surface area contributed by atoms with Crippen LogP contribution in [0.15, 0.2) is 60.7 Å². The number of hydrogen-bond acceptors (Lipinski definition) is 5. The number of aromatic nitrogens is 2. The molecular weight excluding hydrogens is 364 g/mol. The number of carbonyl (C=O) groups excluding carboxylic acids is 1. The van der Waals surface area contributed by atoms with Crippen LogP contribution in [-0.2, 0) is 16.0 Å². The highest BCUT2D eigenvalue weighted by Crippen LogP contribution is 2.21. The molecule has 1 saturated heterocycles. The van der Waals surface area contributed by atoms with Crippen molar-refractivity contribution in [3.8, 4) is 11.4 Å². The number of amides is 1. The summed E-state index contributed by atoms with van der Waals surface area (Å²) in [6.45, 7) is 4.56. The number of benzene rings is 2. The maximum atomic E-state index is 12.4. The molecule has 6 heteroatoms. The average Bonchev–Trinajstić information content (AvgIpc) is 2.76. The third-order valence-corrected chi connectivity index (χ3v) is 4.83. The second kappa shape index (κ2) is 8.84. The predicted molar refractivity (Wildman–Crippen MR) is 113 cm³/mol. The minimum absolute atomic E-state index is 0.146. The molecule has 0 unspecified atom stereocenters. The summed E-state index contributed by atoms with van der Waals surface area (Å²) in [6.07, 6.45) is 0.408. The number of rotatable bonds is 5. The standard InChI is InChI=1S/C23H24N4O2/c1-17-15-21(26-23(24-17)19-5-3-2-4-6-19)25-20-9-7-18(8-10-20)16-22(28)27-11-13-29-14-12-27/h2-10,15H,11-14,16H2,1H3,(H,24,25,26). The van der Waals surface area contributed by atoms with Crippen LogP contribution in [0, 0.1) is 6.92 Å². The Morgan fingerprint density at radius 3 is 2.48 bits per heavy atom. The van der Waals surface area contributed by atoms with Gasteiger partial charge < -0.3 is 15.0 Å². The van der Waals surface area contributed by atoms with Gasteiger partial charge in [0.05, 0.1) is 19.6 Å². The lowest BCUT2D eigenvalue weighted by Gasteiger charge is -2.26. The molecule has 2 heterocycles. The summed E-state index contributed by atoms with van der Waals surface area (Å²) in [5.74, 6) is 1.59. The van der Waals surface area contributed by atoms with Crippen LogP contribution < -0.4 is 5.32 Å². The van der Waals surface area contributed by atoms with Crippen molar-refractivity contribution >= 4 is 17.4 Å². The van der Waals surface area contributed by atoms with E-state index in [0.717, 1.165) is 28.3 Å². The summed E-state index contributed by atoms with van der Waals surface area (Å²) in [6, 6.07) is 19.8. The quantitative estimate of drug-likeness (QED) is 0.723. The average molecular weight is 388 g/mol. The molecule has 0 radical (unpaired) electrons. The Hall–Kier alpha value is -3.25. The van der Waals surface area contributed by atoms with Crippen LogP contribution in [0.3, 0.4) is 0 Å². The summed E-state index contributed by atoms with van der Waals surface area (Å²) in [5, 5.41) is 3.34. The fourth-order valence-electron chi connectivity index (χ4n) is 3.30. The number of nitrogens with one attached hydrogen (secondary N) is 1. The van der Waals surface area contributed by atoms with Crippen LogP contribution in [0.2, 0.25) is 0 Å². The third kappa shape index (κ3) is 4.97. The van der Waals surface area contributed by atoms with E-state index in [4.69, 9.17) is 4.74 Å². The number of hydrogen-bond donors (Lipinski definition) is 1. The number of carbonyl (C=O) groups is 1. The molecule has 3 aromatic rings. The minimum atomic E-state index is 0.146. The van der Waals surface area contributed by atoms with E-state index in [1.54, 1.807) is 0 Å². The van der Waals surface area contributed by atoms with E-state index in [9.17, 15) is 4.79 Å². The summed E-state index contributed by atoms with van der Waals surface area (Å²) in [7, 11) is 0. The number of anilines is 2. The molecule has 1 aromatic heterocycles. The fraction of sp³-hybridized carbons (Fsp3) is 0.261. The summed E-state index contributed by atoms with van der Waals surface area (Å²) in [4.78, 5) is 23.4. The monoisotopic (exact) mass is 388 g/mol. The highest BCUT2D eigenvalue weighted by Gasteiger charge is 2.16.